The van der Waals surface area contributed by atoms with Crippen LogP contribution in [0.5, 0.6) is 11.5 Å². The number of aliphatic carboxylic acids is 1. The molecule has 0 radical (unpaired) electrons. The third kappa shape index (κ3) is 4.57. The van der Waals surface area contributed by atoms with Crippen LogP contribution in [-0.4, -0.2) is 17.7 Å². The van der Waals surface area contributed by atoms with Gasteiger partial charge in [0.2, 0.25) is 0 Å². The van der Waals surface area contributed by atoms with Crippen LogP contribution in [0.3, 0.4) is 0 Å². The van der Waals surface area contributed by atoms with Gasteiger partial charge in [0, 0.05) is 24.0 Å². The first kappa shape index (κ1) is 23.2. The van der Waals surface area contributed by atoms with Crippen LogP contribution in [0.25, 0.3) is 0 Å². The molecule has 1 aliphatic carbocycles. The minimum absolute atomic E-state index is 0.0322. The lowest BCUT2D eigenvalue weighted by atomic mass is 9.91. The molecule has 2 atom stereocenters. The smallest absolute Gasteiger partial charge is 0.416 e. The Morgan fingerprint density at radius 3 is 2.60 bits per heavy atom. The number of carbonyl (C=O) groups is 1. The Morgan fingerprint density at radius 2 is 1.86 bits per heavy atom. The van der Waals surface area contributed by atoms with Crippen molar-refractivity contribution in [2.45, 2.75) is 43.9 Å². The fourth-order valence-corrected chi connectivity index (χ4v) is 5.04. The molecule has 35 heavy (non-hydrogen) atoms. The third-order valence-electron chi connectivity index (χ3n) is 6.67. The third-order valence-corrected chi connectivity index (χ3v) is 6.67. The molecule has 1 aliphatic heterocycles. The minimum atomic E-state index is -4.56. The topological polar surface area (TPSA) is 55.8 Å². The lowest BCUT2D eigenvalue weighted by Gasteiger charge is -2.20. The number of fused-ring (bicyclic) bond motifs is 2. The Kier molecular flexibility index (Phi) is 5.91. The van der Waals surface area contributed by atoms with E-state index >= 15 is 0 Å². The SMILES string of the molecule is O=C(O)C[C@@H]1COc2cc(O[C@@H]3CCc4c3ccc(C(F)(F)F)c4Cc3ccccc3F)ccc21. The van der Waals surface area contributed by atoms with E-state index in [1.807, 2.05) is 0 Å². The summed E-state index contributed by atoms with van der Waals surface area (Å²) in [5, 5.41) is 9.07. The second-order valence-electron chi connectivity index (χ2n) is 8.88. The molecule has 0 fully saturated rings. The fourth-order valence-electron chi connectivity index (χ4n) is 5.04. The number of rotatable bonds is 6. The summed E-state index contributed by atoms with van der Waals surface area (Å²) in [7, 11) is 0. The molecule has 1 heterocycles. The quantitative estimate of drug-likeness (QED) is 0.407. The summed E-state index contributed by atoms with van der Waals surface area (Å²) in [6, 6.07) is 13.6. The van der Waals surface area contributed by atoms with Gasteiger partial charge in [-0.1, -0.05) is 30.3 Å². The van der Waals surface area contributed by atoms with E-state index in [1.54, 1.807) is 24.3 Å². The Labute approximate surface area is 199 Å². The lowest BCUT2D eigenvalue weighted by Crippen LogP contribution is -2.13. The molecular formula is C27H22F4O4. The highest BCUT2D eigenvalue weighted by atomic mass is 19.4. The van der Waals surface area contributed by atoms with E-state index in [0.717, 1.165) is 11.6 Å². The molecule has 0 saturated heterocycles. The van der Waals surface area contributed by atoms with Crippen molar-refractivity contribution in [2.24, 2.45) is 0 Å². The zero-order valence-corrected chi connectivity index (χ0v) is 18.6. The van der Waals surface area contributed by atoms with Gasteiger partial charge in [-0.3, -0.25) is 4.79 Å². The predicted molar refractivity (Wildman–Crippen MR) is 119 cm³/mol. The maximum Gasteiger partial charge on any atom is 0.416 e. The monoisotopic (exact) mass is 486 g/mol. The lowest BCUT2D eigenvalue weighted by molar-refractivity contribution is -0.138. The van der Waals surface area contributed by atoms with Crippen molar-refractivity contribution < 1.29 is 36.9 Å². The van der Waals surface area contributed by atoms with Gasteiger partial charge in [0.05, 0.1) is 18.6 Å². The number of carboxylic acid groups (broad SMARTS) is 1. The van der Waals surface area contributed by atoms with E-state index in [-0.39, 0.29) is 36.5 Å². The van der Waals surface area contributed by atoms with Gasteiger partial charge < -0.3 is 14.6 Å². The van der Waals surface area contributed by atoms with Crippen LogP contribution in [0.2, 0.25) is 0 Å². The summed E-state index contributed by atoms with van der Waals surface area (Å²) in [6.45, 7) is 0.275. The summed E-state index contributed by atoms with van der Waals surface area (Å²) in [5.74, 6) is -0.625. The van der Waals surface area contributed by atoms with Crippen molar-refractivity contribution in [1.29, 1.82) is 0 Å². The molecule has 0 unspecified atom stereocenters. The number of hydrogen-bond acceptors (Lipinski definition) is 3. The number of carboxylic acids is 1. The van der Waals surface area contributed by atoms with Crippen LogP contribution in [0, 0.1) is 5.82 Å². The number of hydrogen-bond donors (Lipinski definition) is 1. The molecule has 0 amide bonds. The maximum atomic E-state index is 14.3. The highest BCUT2D eigenvalue weighted by Crippen LogP contribution is 2.44. The first-order valence-corrected chi connectivity index (χ1v) is 11.3. The Morgan fingerprint density at radius 1 is 1.09 bits per heavy atom. The summed E-state index contributed by atoms with van der Waals surface area (Å²) >= 11 is 0. The molecule has 5 rings (SSSR count). The molecule has 0 saturated carbocycles. The molecular weight excluding hydrogens is 464 g/mol. The molecule has 8 heteroatoms. The zero-order chi connectivity index (χ0) is 24.7. The zero-order valence-electron chi connectivity index (χ0n) is 18.6. The van der Waals surface area contributed by atoms with Gasteiger partial charge in [-0.2, -0.15) is 13.2 Å². The number of alkyl halides is 3. The molecule has 0 spiro atoms. The van der Waals surface area contributed by atoms with Crippen molar-refractivity contribution in [1.82, 2.24) is 0 Å². The van der Waals surface area contributed by atoms with E-state index in [0.29, 0.717) is 35.5 Å². The fraction of sp³-hybridized carbons (Fsp3) is 0.296. The highest BCUT2D eigenvalue weighted by Gasteiger charge is 2.38. The summed E-state index contributed by atoms with van der Waals surface area (Å²) in [5.41, 5.74) is 1.55. The van der Waals surface area contributed by atoms with Crippen molar-refractivity contribution in [2.75, 3.05) is 6.61 Å². The Bertz CT molecular complexity index is 1280. The van der Waals surface area contributed by atoms with Gasteiger partial charge in [-0.25, -0.2) is 4.39 Å². The van der Waals surface area contributed by atoms with Crippen LogP contribution in [0.1, 0.15) is 58.2 Å². The minimum Gasteiger partial charge on any atom is -0.492 e. The summed E-state index contributed by atoms with van der Waals surface area (Å²) in [4.78, 5) is 11.1. The number of ether oxygens (including phenoxy) is 2. The highest BCUT2D eigenvalue weighted by molar-refractivity contribution is 5.68. The van der Waals surface area contributed by atoms with Crippen LogP contribution in [0.4, 0.5) is 17.6 Å². The average molecular weight is 486 g/mol. The summed E-state index contributed by atoms with van der Waals surface area (Å²) < 4.78 is 67.5. The summed E-state index contributed by atoms with van der Waals surface area (Å²) in [6.07, 6.45) is -4.33. The molecule has 182 valence electrons. The van der Waals surface area contributed by atoms with Crippen LogP contribution >= 0.6 is 0 Å². The largest absolute Gasteiger partial charge is 0.492 e. The first-order valence-electron chi connectivity index (χ1n) is 11.3. The second kappa shape index (κ2) is 8.91. The van der Waals surface area contributed by atoms with Crippen LogP contribution in [-0.2, 0) is 23.8 Å². The van der Waals surface area contributed by atoms with Crippen molar-refractivity contribution in [3.63, 3.8) is 0 Å². The van der Waals surface area contributed by atoms with E-state index in [4.69, 9.17) is 14.6 Å². The Balaban J connectivity index is 1.44. The number of halogens is 4. The standard InChI is InChI=1S/C27H22F4O4/c28-23-4-2-1-3-15(23)11-21-19-8-10-24(20(19)7-9-22(21)27(29,30)31)35-17-5-6-18-16(12-26(32)33)14-34-25(18)13-17/h1-7,9,13,16,24H,8,10-12,14H2,(H,32,33)/t16-,24-/m1/s1. The second-order valence-corrected chi connectivity index (χ2v) is 8.88. The van der Waals surface area contributed by atoms with Gasteiger partial charge in [-0.15, -0.1) is 0 Å². The van der Waals surface area contributed by atoms with E-state index < -0.39 is 29.6 Å². The normalized spacial score (nSPS) is 18.6. The molecule has 2 aliphatic rings. The van der Waals surface area contributed by atoms with E-state index in [1.165, 1.54) is 24.3 Å². The van der Waals surface area contributed by atoms with Crippen LogP contribution in [0.15, 0.2) is 54.6 Å². The molecule has 0 bridgehead atoms. The maximum absolute atomic E-state index is 14.3. The number of benzene rings is 3. The molecule has 0 aromatic heterocycles. The first-order chi connectivity index (χ1) is 16.7. The van der Waals surface area contributed by atoms with Gasteiger partial charge >= 0.3 is 12.1 Å². The van der Waals surface area contributed by atoms with Crippen molar-refractivity contribution >= 4 is 5.97 Å². The molecule has 3 aromatic carbocycles. The van der Waals surface area contributed by atoms with E-state index in [9.17, 15) is 22.4 Å². The van der Waals surface area contributed by atoms with Gasteiger partial charge in [0.15, 0.2) is 0 Å². The van der Waals surface area contributed by atoms with Crippen LogP contribution < -0.4 is 9.47 Å². The van der Waals surface area contributed by atoms with Crippen molar-refractivity contribution in [3.8, 4) is 11.5 Å². The molecule has 1 N–H and O–H groups in total. The van der Waals surface area contributed by atoms with Gasteiger partial charge in [0.25, 0.3) is 0 Å². The predicted octanol–water partition coefficient (Wildman–Crippen LogP) is 6.45. The average Bonchev–Trinajstić information content (AvgIpc) is 3.38. The molecule has 4 nitrogen and oxygen atoms in total. The Hall–Kier alpha value is -3.55. The van der Waals surface area contributed by atoms with E-state index in [2.05, 4.69) is 0 Å². The van der Waals surface area contributed by atoms with Gasteiger partial charge in [-0.05, 0) is 53.3 Å². The van der Waals surface area contributed by atoms with Crippen molar-refractivity contribution in [3.05, 3.63) is 93.8 Å². The molecule has 3 aromatic rings. The van der Waals surface area contributed by atoms with Gasteiger partial charge in [0.1, 0.15) is 23.4 Å².